The highest BCUT2D eigenvalue weighted by atomic mass is 19.1. The van der Waals surface area contributed by atoms with Gasteiger partial charge in [0.05, 0.1) is 19.3 Å². The Balaban J connectivity index is 1.73. The van der Waals surface area contributed by atoms with E-state index < -0.39 is 6.10 Å². The molecule has 2 aromatic rings. The summed E-state index contributed by atoms with van der Waals surface area (Å²) in [5, 5.41) is 0. The molecule has 0 saturated carbocycles. The summed E-state index contributed by atoms with van der Waals surface area (Å²) in [6.45, 7) is 2.26. The van der Waals surface area contributed by atoms with Crippen molar-refractivity contribution in [3.63, 3.8) is 0 Å². The van der Waals surface area contributed by atoms with Gasteiger partial charge in [0.1, 0.15) is 11.6 Å². The predicted octanol–water partition coefficient (Wildman–Crippen LogP) is 2.74. The zero-order chi connectivity index (χ0) is 20.1. The second-order valence-electron chi connectivity index (χ2n) is 6.87. The number of carbonyl (C=O) groups excluding carboxylic acids is 2. The topological polar surface area (TPSA) is 49.9 Å². The molecule has 1 saturated heterocycles. The molecule has 0 N–H and O–H groups in total. The highest BCUT2D eigenvalue weighted by Crippen LogP contribution is 2.15. The maximum absolute atomic E-state index is 13.5. The van der Waals surface area contributed by atoms with Crippen LogP contribution >= 0.6 is 0 Å². The molecule has 3 rings (SSSR count). The summed E-state index contributed by atoms with van der Waals surface area (Å²) in [6, 6.07) is 12.1. The van der Waals surface area contributed by atoms with E-state index in [4.69, 9.17) is 4.74 Å². The first-order valence-corrected chi connectivity index (χ1v) is 9.04. The average molecular weight is 388 g/mol. The van der Waals surface area contributed by atoms with E-state index in [-0.39, 0.29) is 56.2 Å². The summed E-state index contributed by atoms with van der Waals surface area (Å²) in [6.07, 6.45) is -0.438. The van der Waals surface area contributed by atoms with Crippen LogP contribution in [0.4, 0.5) is 8.78 Å². The van der Waals surface area contributed by atoms with Gasteiger partial charge >= 0.3 is 0 Å². The van der Waals surface area contributed by atoms with Crippen LogP contribution < -0.4 is 0 Å². The molecule has 1 aliphatic heterocycles. The van der Waals surface area contributed by atoms with Crippen LogP contribution in [-0.4, -0.2) is 47.4 Å². The Labute approximate surface area is 162 Å². The molecule has 2 amide bonds. The van der Waals surface area contributed by atoms with Gasteiger partial charge < -0.3 is 14.5 Å². The fraction of sp³-hybridized carbons (Fsp3) is 0.333. The third-order valence-corrected chi connectivity index (χ3v) is 4.61. The average Bonchev–Trinajstić information content (AvgIpc) is 2.79. The molecule has 1 heterocycles. The van der Waals surface area contributed by atoms with Crippen LogP contribution in [-0.2, 0) is 27.5 Å². The van der Waals surface area contributed by atoms with Crippen molar-refractivity contribution in [3.8, 4) is 0 Å². The number of benzene rings is 2. The summed E-state index contributed by atoms with van der Waals surface area (Å²) >= 11 is 0. The van der Waals surface area contributed by atoms with Crippen LogP contribution in [0.15, 0.2) is 48.5 Å². The van der Waals surface area contributed by atoms with Crippen molar-refractivity contribution >= 4 is 11.8 Å². The van der Waals surface area contributed by atoms with Gasteiger partial charge in [-0.25, -0.2) is 8.78 Å². The van der Waals surface area contributed by atoms with E-state index in [0.29, 0.717) is 11.1 Å². The van der Waals surface area contributed by atoms with E-state index in [1.54, 1.807) is 29.2 Å². The second-order valence-corrected chi connectivity index (χ2v) is 6.87. The lowest BCUT2D eigenvalue weighted by Gasteiger charge is -2.24. The molecule has 7 heteroatoms. The van der Waals surface area contributed by atoms with Crippen molar-refractivity contribution < 1.29 is 23.1 Å². The van der Waals surface area contributed by atoms with Gasteiger partial charge in [0.15, 0.2) is 0 Å². The Kier molecular flexibility index (Phi) is 6.36. The lowest BCUT2D eigenvalue weighted by molar-refractivity contribution is -0.137. The molecular formula is C21H22F2N2O3. The van der Waals surface area contributed by atoms with E-state index in [1.165, 1.54) is 36.1 Å². The number of hydrogen-bond acceptors (Lipinski definition) is 3. The van der Waals surface area contributed by atoms with Crippen LogP contribution in [0.5, 0.6) is 0 Å². The van der Waals surface area contributed by atoms with Crippen molar-refractivity contribution in [2.45, 2.75) is 26.2 Å². The summed E-state index contributed by atoms with van der Waals surface area (Å²) in [7, 11) is 0. The molecular weight excluding hydrogens is 366 g/mol. The van der Waals surface area contributed by atoms with E-state index in [9.17, 15) is 18.4 Å². The quantitative estimate of drug-likeness (QED) is 0.792. The van der Waals surface area contributed by atoms with Crippen LogP contribution in [0.3, 0.4) is 0 Å². The SMILES string of the molecule is CC(=O)N1CC(=O)N(Cc2cccc(F)c2)CC(OCc2cccc(F)c2)C1. The Morgan fingerprint density at radius 2 is 1.71 bits per heavy atom. The van der Waals surface area contributed by atoms with Gasteiger partial charge in [0.2, 0.25) is 11.8 Å². The first kappa shape index (κ1) is 19.9. The lowest BCUT2D eigenvalue weighted by Crippen LogP contribution is -2.38. The Hall–Kier alpha value is -2.80. The molecule has 0 radical (unpaired) electrons. The number of amides is 2. The van der Waals surface area contributed by atoms with Crippen LogP contribution in [0.25, 0.3) is 0 Å². The third-order valence-electron chi connectivity index (χ3n) is 4.61. The maximum Gasteiger partial charge on any atom is 0.242 e. The van der Waals surface area contributed by atoms with Gasteiger partial charge in [-0.15, -0.1) is 0 Å². The van der Waals surface area contributed by atoms with Gasteiger partial charge in [-0.05, 0) is 35.4 Å². The van der Waals surface area contributed by atoms with Gasteiger partial charge in [-0.2, -0.15) is 0 Å². The molecule has 1 fully saturated rings. The number of rotatable bonds is 5. The van der Waals surface area contributed by atoms with Gasteiger partial charge in [-0.3, -0.25) is 9.59 Å². The van der Waals surface area contributed by atoms with E-state index >= 15 is 0 Å². The monoisotopic (exact) mass is 388 g/mol. The molecule has 5 nitrogen and oxygen atoms in total. The number of nitrogens with zero attached hydrogens (tertiary/aromatic N) is 2. The maximum atomic E-state index is 13.5. The van der Waals surface area contributed by atoms with Gasteiger partial charge in [0.25, 0.3) is 0 Å². The highest BCUT2D eigenvalue weighted by molar-refractivity contribution is 5.84. The zero-order valence-corrected chi connectivity index (χ0v) is 15.6. The molecule has 1 aliphatic rings. The van der Waals surface area contributed by atoms with E-state index in [2.05, 4.69) is 0 Å². The van der Waals surface area contributed by atoms with Crippen LogP contribution in [0.1, 0.15) is 18.1 Å². The summed E-state index contributed by atoms with van der Waals surface area (Å²) in [5.74, 6) is -1.17. The third kappa shape index (κ3) is 5.36. The van der Waals surface area contributed by atoms with Crippen molar-refractivity contribution in [2.24, 2.45) is 0 Å². The molecule has 1 atom stereocenters. The van der Waals surface area contributed by atoms with Crippen molar-refractivity contribution in [2.75, 3.05) is 19.6 Å². The molecule has 0 aliphatic carbocycles. The number of halogens is 2. The molecule has 0 aromatic heterocycles. The minimum absolute atomic E-state index is 0.0511. The minimum Gasteiger partial charge on any atom is -0.370 e. The number of hydrogen-bond donors (Lipinski definition) is 0. The van der Waals surface area contributed by atoms with Crippen molar-refractivity contribution in [1.82, 2.24) is 9.80 Å². The smallest absolute Gasteiger partial charge is 0.242 e. The number of ether oxygens (including phenoxy) is 1. The zero-order valence-electron chi connectivity index (χ0n) is 15.6. The minimum atomic E-state index is -0.438. The Morgan fingerprint density at radius 3 is 2.36 bits per heavy atom. The molecule has 148 valence electrons. The van der Waals surface area contributed by atoms with Crippen molar-refractivity contribution in [3.05, 3.63) is 71.3 Å². The summed E-state index contributed by atoms with van der Waals surface area (Å²) < 4.78 is 32.7. The molecule has 0 bridgehead atoms. The fourth-order valence-electron chi connectivity index (χ4n) is 3.17. The van der Waals surface area contributed by atoms with Crippen LogP contribution in [0, 0.1) is 11.6 Å². The summed E-state index contributed by atoms with van der Waals surface area (Å²) in [5.41, 5.74) is 1.33. The molecule has 2 aromatic carbocycles. The molecule has 1 unspecified atom stereocenters. The summed E-state index contributed by atoms with van der Waals surface area (Å²) in [4.78, 5) is 27.5. The second kappa shape index (κ2) is 8.93. The standard InChI is InChI=1S/C21H22F2N2O3/c1-15(26)24-11-20(28-14-17-5-3-7-19(23)9-17)12-25(21(27)13-24)10-16-4-2-6-18(22)8-16/h2-9,20H,10-14H2,1H3. The van der Waals surface area contributed by atoms with Gasteiger partial charge in [0, 0.05) is 26.6 Å². The largest absolute Gasteiger partial charge is 0.370 e. The first-order chi connectivity index (χ1) is 13.4. The fourth-order valence-corrected chi connectivity index (χ4v) is 3.17. The first-order valence-electron chi connectivity index (χ1n) is 9.04. The number of carbonyl (C=O) groups is 2. The lowest BCUT2D eigenvalue weighted by atomic mass is 10.2. The Bertz CT molecular complexity index is 859. The van der Waals surface area contributed by atoms with E-state index in [0.717, 1.165) is 0 Å². The predicted molar refractivity (Wildman–Crippen MR) is 99.0 cm³/mol. The Morgan fingerprint density at radius 1 is 1.07 bits per heavy atom. The van der Waals surface area contributed by atoms with Crippen molar-refractivity contribution in [1.29, 1.82) is 0 Å². The van der Waals surface area contributed by atoms with Crippen LogP contribution in [0.2, 0.25) is 0 Å². The normalized spacial score (nSPS) is 17.5. The van der Waals surface area contributed by atoms with E-state index in [1.807, 2.05) is 0 Å². The molecule has 28 heavy (non-hydrogen) atoms. The molecule has 0 spiro atoms. The highest BCUT2D eigenvalue weighted by Gasteiger charge is 2.29. The van der Waals surface area contributed by atoms with Gasteiger partial charge in [-0.1, -0.05) is 24.3 Å².